The molecular weight excluding hydrogens is 240 g/mol. The van der Waals surface area contributed by atoms with Crippen molar-refractivity contribution in [3.8, 4) is 0 Å². The highest BCUT2D eigenvalue weighted by atomic mass is 16.5. The van der Waals surface area contributed by atoms with E-state index < -0.39 is 0 Å². The van der Waals surface area contributed by atoms with Gasteiger partial charge in [0.05, 0.1) is 5.56 Å². The molecule has 1 heterocycles. The van der Waals surface area contributed by atoms with Crippen LogP contribution in [-0.2, 0) is 11.3 Å². The van der Waals surface area contributed by atoms with Crippen molar-refractivity contribution in [3.05, 3.63) is 58.9 Å². The van der Waals surface area contributed by atoms with Crippen LogP contribution in [0.25, 0.3) is 0 Å². The quantitative estimate of drug-likeness (QED) is 0.677. The average Bonchev–Trinajstić information content (AvgIpc) is 2.36. The highest BCUT2D eigenvalue weighted by Gasteiger charge is 2.10. The summed E-state index contributed by atoms with van der Waals surface area (Å²) in [6.45, 7) is 4.00. The van der Waals surface area contributed by atoms with Gasteiger partial charge >= 0.3 is 5.97 Å². The first-order chi connectivity index (χ1) is 9.06. The molecule has 0 unspecified atom stereocenters. The molecule has 0 radical (unpaired) electrons. The normalized spacial score (nSPS) is 10.2. The Morgan fingerprint density at radius 1 is 1.26 bits per heavy atom. The van der Waals surface area contributed by atoms with E-state index >= 15 is 0 Å². The summed E-state index contributed by atoms with van der Waals surface area (Å²) in [5.74, 6) is -0.348. The summed E-state index contributed by atoms with van der Waals surface area (Å²) in [6, 6.07) is 7.07. The number of carbonyl (C=O) groups excluding carboxylic acids is 1. The maximum absolute atomic E-state index is 12.0. The molecule has 0 aliphatic heterocycles. The van der Waals surface area contributed by atoms with Gasteiger partial charge in [0.1, 0.15) is 6.61 Å². The standard InChI is InChI=1S/C15H16N2O2/c1-10-5-12(8-17-7-10)9-19-15(18)14-4-3-13(16)6-11(14)2/h3-8H,9,16H2,1-2H3. The molecular formula is C15H16N2O2. The zero-order chi connectivity index (χ0) is 13.8. The number of aromatic nitrogens is 1. The molecule has 1 aromatic carbocycles. The molecule has 2 aromatic rings. The average molecular weight is 256 g/mol. The first-order valence-electron chi connectivity index (χ1n) is 6.00. The van der Waals surface area contributed by atoms with E-state index in [9.17, 15) is 4.79 Å². The number of anilines is 1. The molecule has 0 saturated heterocycles. The smallest absolute Gasteiger partial charge is 0.338 e. The molecule has 2 rings (SSSR count). The van der Waals surface area contributed by atoms with Crippen LogP contribution in [0.5, 0.6) is 0 Å². The molecule has 0 fully saturated rings. The van der Waals surface area contributed by atoms with Crippen LogP contribution in [0, 0.1) is 13.8 Å². The number of benzene rings is 1. The zero-order valence-corrected chi connectivity index (χ0v) is 11.0. The second kappa shape index (κ2) is 5.52. The van der Waals surface area contributed by atoms with Gasteiger partial charge < -0.3 is 10.5 Å². The van der Waals surface area contributed by atoms with E-state index in [1.807, 2.05) is 19.9 Å². The van der Waals surface area contributed by atoms with Crippen LogP contribution in [0.2, 0.25) is 0 Å². The van der Waals surface area contributed by atoms with Gasteiger partial charge in [-0.25, -0.2) is 4.79 Å². The van der Waals surface area contributed by atoms with Gasteiger partial charge in [-0.3, -0.25) is 4.98 Å². The Morgan fingerprint density at radius 2 is 2.05 bits per heavy atom. The number of esters is 1. The summed E-state index contributed by atoms with van der Waals surface area (Å²) < 4.78 is 5.27. The predicted octanol–water partition coefficient (Wildman–Crippen LogP) is 2.64. The van der Waals surface area contributed by atoms with E-state index in [4.69, 9.17) is 10.5 Å². The van der Waals surface area contributed by atoms with E-state index in [-0.39, 0.29) is 12.6 Å². The van der Waals surface area contributed by atoms with Crippen molar-refractivity contribution < 1.29 is 9.53 Å². The lowest BCUT2D eigenvalue weighted by atomic mass is 10.1. The minimum absolute atomic E-state index is 0.220. The summed E-state index contributed by atoms with van der Waals surface area (Å²) in [6.07, 6.45) is 3.45. The Morgan fingerprint density at radius 3 is 2.74 bits per heavy atom. The molecule has 0 aliphatic carbocycles. The van der Waals surface area contributed by atoms with Crippen LogP contribution < -0.4 is 5.73 Å². The van der Waals surface area contributed by atoms with E-state index in [2.05, 4.69) is 4.98 Å². The maximum Gasteiger partial charge on any atom is 0.338 e. The highest BCUT2D eigenvalue weighted by Crippen LogP contribution is 2.14. The Bertz CT molecular complexity index is 609. The van der Waals surface area contributed by atoms with Crippen LogP contribution in [0.15, 0.2) is 36.7 Å². The number of carbonyl (C=O) groups is 1. The molecule has 0 spiro atoms. The fourth-order valence-corrected chi connectivity index (χ4v) is 1.84. The molecule has 0 aliphatic rings. The van der Waals surface area contributed by atoms with Gasteiger partial charge in [-0.2, -0.15) is 0 Å². The number of nitrogens with two attached hydrogens (primary N) is 1. The van der Waals surface area contributed by atoms with Gasteiger partial charge in [0, 0.05) is 23.6 Å². The summed E-state index contributed by atoms with van der Waals surface area (Å²) in [5.41, 5.74) is 9.55. The van der Waals surface area contributed by atoms with Crippen LogP contribution >= 0.6 is 0 Å². The second-order valence-electron chi connectivity index (χ2n) is 4.52. The van der Waals surface area contributed by atoms with E-state index in [1.54, 1.807) is 30.6 Å². The molecule has 98 valence electrons. The van der Waals surface area contributed by atoms with Crippen LogP contribution in [-0.4, -0.2) is 11.0 Å². The lowest BCUT2D eigenvalue weighted by molar-refractivity contribution is 0.0471. The second-order valence-corrected chi connectivity index (χ2v) is 4.52. The van der Waals surface area contributed by atoms with Gasteiger partial charge in [0.25, 0.3) is 0 Å². The van der Waals surface area contributed by atoms with Crippen molar-refractivity contribution in [2.75, 3.05) is 5.73 Å². The minimum Gasteiger partial charge on any atom is -0.457 e. The molecule has 0 saturated carbocycles. The van der Waals surface area contributed by atoms with Crippen LogP contribution in [0.4, 0.5) is 5.69 Å². The van der Waals surface area contributed by atoms with Crippen molar-refractivity contribution in [1.29, 1.82) is 0 Å². The van der Waals surface area contributed by atoms with Crippen molar-refractivity contribution in [2.45, 2.75) is 20.5 Å². The lowest BCUT2D eigenvalue weighted by Crippen LogP contribution is -2.07. The summed E-state index contributed by atoms with van der Waals surface area (Å²) in [5, 5.41) is 0. The maximum atomic E-state index is 12.0. The highest BCUT2D eigenvalue weighted by molar-refractivity contribution is 5.91. The van der Waals surface area contributed by atoms with Crippen molar-refractivity contribution in [2.24, 2.45) is 0 Å². The lowest BCUT2D eigenvalue weighted by Gasteiger charge is -2.08. The topological polar surface area (TPSA) is 65.2 Å². The van der Waals surface area contributed by atoms with Crippen molar-refractivity contribution in [3.63, 3.8) is 0 Å². The molecule has 0 atom stereocenters. The number of nitrogens with zero attached hydrogens (tertiary/aromatic N) is 1. The number of aryl methyl sites for hydroxylation is 2. The summed E-state index contributed by atoms with van der Waals surface area (Å²) in [4.78, 5) is 16.0. The molecule has 19 heavy (non-hydrogen) atoms. The molecule has 0 amide bonds. The first kappa shape index (κ1) is 13.1. The number of pyridine rings is 1. The van der Waals surface area contributed by atoms with Gasteiger partial charge in [-0.1, -0.05) is 0 Å². The fraction of sp³-hybridized carbons (Fsp3) is 0.200. The van der Waals surface area contributed by atoms with Crippen molar-refractivity contribution in [1.82, 2.24) is 4.98 Å². The van der Waals surface area contributed by atoms with Gasteiger partial charge in [-0.05, 0) is 49.2 Å². The number of hydrogen-bond donors (Lipinski definition) is 1. The predicted molar refractivity (Wildman–Crippen MR) is 73.7 cm³/mol. The number of rotatable bonds is 3. The Balaban J connectivity index is 2.05. The largest absolute Gasteiger partial charge is 0.457 e. The molecule has 4 nitrogen and oxygen atoms in total. The minimum atomic E-state index is -0.348. The third-order valence-corrected chi connectivity index (χ3v) is 2.77. The van der Waals surface area contributed by atoms with E-state index in [0.717, 1.165) is 16.7 Å². The van der Waals surface area contributed by atoms with Gasteiger partial charge in [0.2, 0.25) is 0 Å². The van der Waals surface area contributed by atoms with Gasteiger partial charge in [-0.15, -0.1) is 0 Å². The molecule has 0 bridgehead atoms. The third-order valence-electron chi connectivity index (χ3n) is 2.77. The first-order valence-corrected chi connectivity index (χ1v) is 6.00. The summed E-state index contributed by atoms with van der Waals surface area (Å²) >= 11 is 0. The van der Waals surface area contributed by atoms with Crippen LogP contribution in [0.3, 0.4) is 0 Å². The Hall–Kier alpha value is -2.36. The summed E-state index contributed by atoms with van der Waals surface area (Å²) in [7, 11) is 0. The number of ether oxygens (including phenoxy) is 1. The number of hydrogen-bond acceptors (Lipinski definition) is 4. The Kier molecular flexibility index (Phi) is 3.80. The number of nitrogen functional groups attached to an aromatic ring is 1. The SMILES string of the molecule is Cc1cncc(COC(=O)c2ccc(N)cc2C)c1. The van der Waals surface area contributed by atoms with E-state index in [1.165, 1.54) is 0 Å². The van der Waals surface area contributed by atoms with E-state index in [0.29, 0.717) is 11.3 Å². The monoisotopic (exact) mass is 256 g/mol. The Labute approximate surface area is 112 Å². The zero-order valence-electron chi connectivity index (χ0n) is 11.0. The van der Waals surface area contributed by atoms with Gasteiger partial charge in [0.15, 0.2) is 0 Å². The third kappa shape index (κ3) is 3.31. The molecule has 1 aromatic heterocycles. The van der Waals surface area contributed by atoms with Crippen molar-refractivity contribution >= 4 is 11.7 Å². The molecule has 2 N–H and O–H groups in total. The fourth-order valence-electron chi connectivity index (χ4n) is 1.84. The molecule has 4 heteroatoms. The van der Waals surface area contributed by atoms with Crippen LogP contribution in [0.1, 0.15) is 27.0 Å².